The van der Waals surface area contributed by atoms with Crippen LogP contribution in [0.2, 0.25) is 0 Å². The molecule has 0 atom stereocenters. The molecule has 4 rings (SSSR count). The fourth-order valence-electron chi connectivity index (χ4n) is 3.60. The molecule has 2 aromatic carbocycles. The molecule has 1 fully saturated rings. The second-order valence-electron chi connectivity index (χ2n) is 7.39. The predicted octanol–water partition coefficient (Wildman–Crippen LogP) is 7.31. The van der Waals surface area contributed by atoms with Gasteiger partial charge >= 0.3 is 0 Å². The number of halogens is 1. The molecule has 156 valence electrons. The van der Waals surface area contributed by atoms with Crippen molar-refractivity contribution in [2.24, 2.45) is 0 Å². The lowest BCUT2D eigenvalue weighted by molar-refractivity contribution is -0.121. The summed E-state index contributed by atoms with van der Waals surface area (Å²) in [5.41, 5.74) is 3.59. The minimum Gasteiger partial charge on any atom is -0.340 e. The zero-order valence-corrected chi connectivity index (χ0v) is 21.6. The van der Waals surface area contributed by atoms with Gasteiger partial charge in [0, 0.05) is 27.0 Å². The number of benzene rings is 2. The van der Waals surface area contributed by atoms with Crippen LogP contribution in [0.1, 0.15) is 38.2 Å². The number of nitrogens with zero attached hydrogens (tertiary/aromatic N) is 2. The van der Waals surface area contributed by atoms with Crippen LogP contribution >= 0.6 is 58.3 Å². The van der Waals surface area contributed by atoms with E-state index < -0.39 is 0 Å². The van der Waals surface area contributed by atoms with Gasteiger partial charge in [0.25, 0.3) is 5.91 Å². The van der Waals surface area contributed by atoms with Crippen molar-refractivity contribution in [2.75, 3.05) is 18.5 Å². The number of thioether (sulfide) groups is 1. The van der Waals surface area contributed by atoms with Crippen molar-refractivity contribution in [2.45, 2.75) is 42.4 Å². The Hall–Kier alpha value is -1.03. The highest BCUT2D eigenvalue weighted by molar-refractivity contribution is 14.1. The molecule has 2 heterocycles. The van der Waals surface area contributed by atoms with Gasteiger partial charge < -0.3 is 4.90 Å². The first kappa shape index (κ1) is 22.2. The number of anilines is 2. The van der Waals surface area contributed by atoms with E-state index in [0.717, 1.165) is 12.1 Å². The quantitative estimate of drug-likeness (QED) is 0.158. The molecule has 0 spiro atoms. The Kier molecular flexibility index (Phi) is 7.12. The number of likely N-dealkylation sites (N-methyl/N-ethyl adjacent to an activating group) is 1. The number of hydrogen-bond donors (Lipinski definition) is 0. The normalized spacial score (nSPS) is 17.0. The summed E-state index contributed by atoms with van der Waals surface area (Å²) in [5.74, 6) is -0.0205. The van der Waals surface area contributed by atoms with E-state index in [1.165, 1.54) is 67.1 Å². The molecule has 1 amide bonds. The van der Waals surface area contributed by atoms with Crippen LogP contribution < -0.4 is 4.90 Å². The second-order valence-corrected chi connectivity index (χ2v) is 11.4. The average molecular weight is 567 g/mol. The lowest BCUT2D eigenvalue weighted by Crippen LogP contribution is -2.22. The Balaban J connectivity index is 1.66. The number of thiocarbonyl (C=S) groups is 1. The van der Waals surface area contributed by atoms with Crippen LogP contribution in [-0.2, 0) is 4.79 Å². The van der Waals surface area contributed by atoms with Crippen molar-refractivity contribution in [1.29, 1.82) is 0 Å². The number of rotatable bonds is 6. The Labute approximate surface area is 205 Å². The molecule has 0 aliphatic carbocycles. The number of fused-ring (bicyclic) bond motifs is 2. The van der Waals surface area contributed by atoms with E-state index in [0.29, 0.717) is 9.23 Å². The molecule has 0 saturated carbocycles. The summed E-state index contributed by atoms with van der Waals surface area (Å²) < 4.78 is 1.86. The first-order valence-electron chi connectivity index (χ1n) is 10.1. The molecular weight excluding hydrogens is 543 g/mol. The minimum atomic E-state index is -0.0205. The Morgan fingerprint density at radius 1 is 1.03 bits per heavy atom. The van der Waals surface area contributed by atoms with Gasteiger partial charge in [0.05, 0.1) is 16.3 Å². The maximum Gasteiger partial charge on any atom is 0.265 e. The summed E-state index contributed by atoms with van der Waals surface area (Å²) in [5, 5.41) is 0. The number of hydrogen-bond acceptors (Lipinski definition) is 5. The lowest BCUT2D eigenvalue weighted by Gasteiger charge is -2.33. The molecular formula is C23H23IN2OS3. The highest BCUT2D eigenvalue weighted by atomic mass is 127. The highest BCUT2D eigenvalue weighted by Crippen LogP contribution is 2.49. The SMILES string of the molecule is CCCCCCN1c2ccc(I)cc2Sc2cc(/C=C3\SC(=S)N(C)C3=O)ccc21. The molecule has 3 nitrogen and oxygen atoms in total. The average Bonchev–Trinajstić information content (AvgIpc) is 2.96. The third-order valence-corrected chi connectivity index (χ3v) is 8.48. The maximum atomic E-state index is 12.4. The molecule has 2 aliphatic rings. The fourth-order valence-corrected chi connectivity index (χ4v) is 6.67. The lowest BCUT2D eigenvalue weighted by atomic mass is 10.1. The molecule has 2 aliphatic heterocycles. The minimum absolute atomic E-state index is 0.0205. The van der Waals surface area contributed by atoms with Crippen LogP contribution in [0.15, 0.2) is 51.1 Å². The van der Waals surface area contributed by atoms with Gasteiger partial charge in [-0.1, -0.05) is 68.0 Å². The molecule has 0 N–H and O–H groups in total. The monoisotopic (exact) mass is 566 g/mol. The van der Waals surface area contributed by atoms with Gasteiger partial charge in [-0.15, -0.1) is 0 Å². The standard InChI is InChI=1S/C23H23IN2OS3/c1-3-4-5-6-11-26-17-9-7-15(13-21-22(27)25(2)23(28)30-21)12-19(17)29-20-14-16(24)8-10-18(20)26/h7-10,12-14H,3-6,11H2,1-2H3/b21-13-. The van der Waals surface area contributed by atoms with Crippen molar-refractivity contribution in [3.63, 3.8) is 0 Å². The van der Waals surface area contributed by atoms with E-state index >= 15 is 0 Å². The number of amides is 1. The van der Waals surface area contributed by atoms with Crippen LogP contribution in [0.25, 0.3) is 6.08 Å². The number of carbonyl (C=O) groups excluding carboxylic acids is 1. The van der Waals surface area contributed by atoms with Gasteiger partial charge in [-0.25, -0.2) is 0 Å². The van der Waals surface area contributed by atoms with Crippen molar-refractivity contribution < 1.29 is 4.79 Å². The summed E-state index contributed by atoms with van der Waals surface area (Å²) in [6.45, 7) is 3.27. The smallest absolute Gasteiger partial charge is 0.265 e. The van der Waals surface area contributed by atoms with Crippen molar-refractivity contribution in [3.8, 4) is 0 Å². The molecule has 0 radical (unpaired) electrons. The third kappa shape index (κ3) is 4.59. The van der Waals surface area contributed by atoms with Crippen LogP contribution in [0, 0.1) is 3.57 Å². The van der Waals surface area contributed by atoms with Gasteiger partial charge in [-0.2, -0.15) is 0 Å². The van der Waals surface area contributed by atoms with E-state index in [4.69, 9.17) is 12.2 Å². The molecule has 0 unspecified atom stereocenters. The highest BCUT2D eigenvalue weighted by Gasteiger charge is 2.29. The third-order valence-electron chi connectivity index (χ3n) is 5.23. The van der Waals surface area contributed by atoms with Crippen LogP contribution in [0.4, 0.5) is 11.4 Å². The molecule has 1 saturated heterocycles. The molecule has 30 heavy (non-hydrogen) atoms. The zero-order chi connectivity index (χ0) is 21.3. The van der Waals surface area contributed by atoms with Gasteiger partial charge in [0.2, 0.25) is 0 Å². The number of carbonyl (C=O) groups is 1. The Morgan fingerprint density at radius 3 is 2.47 bits per heavy atom. The largest absolute Gasteiger partial charge is 0.340 e. The first-order valence-corrected chi connectivity index (χ1v) is 13.2. The summed E-state index contributed by atoms with van der Waals surface area (Å²) in [6, 6.07) is 13.2. The molecule has 7 heteroatoms. The van der Waals surface area contributed by atoms with E-state index in [9.17, 15) is 4.79 Å². The van der Waals surface area contributed by atoms with Crippen molar-refractivity contribution in [3.05, 3.63) is 50.4 Å². The second kappa shape index (κ2) is 9.63. The van der Waals surface area contributed by atoms with Gasteiger partial charge in [-0.05, 0) is 71.0 Å². The molecule has 0 aromatic heterocycles. The van der Waals surface area contributed by atoms with Gasteiger partial charge in [0.15, 0.2) is 0 Å². The first-order chi connectivity index (χ1) is 14.5. The summed E-state index contributed by atoms with van der Waals surface area (Å²) in [7, 11) is 1.73. The van der Waals surface area contributed by atoms with Crippen LogP contribution in [-0.4, -0.2) is 28.7 Å². The number of unbranched alkanes of at least 4 members (excludes halogenated alkanes) is 3. The van der Waals surface area contributed by atoms with Crippen molar-refractivity contribution >= 4 is 86.0 Å². The van der Waals surface area contributed by atoms with Gasteiger partial charge in [0.1, 0.15) is 4.32 Å². The van der Waals surface area contributed by atoms with Crippen LogP contribution in [0.3, 0.4) is 0 Å². The Morgan fingerprint density at radius 2 is 1.77 bits per heavy atom. The Bertz CT molecular complexity index is 1040. The molecule has 0 bridgehead atoms. The maximum absolute atomic E-state index is 12.4. The molecule has 2 aromatic rings. The predicted molar refractivity (Wildman–Crippen MR) is 142 cm³/mol. The van der Waals surface area contributed by atoms with E-state index in [1.807, 2.05) is 17.8 Å². The summed E-state index contributed by atoms with van der Waals surface area (Å²) in [6.07, 6.45) is 6.92. The van der Waals surface area contributed by atoms with Crippen molar-refractivity contribution in [1.82, 2.24) is 4.90 Å². The van der Waals surface area contributed by atoms with E-state index in [-0.39, 0.29) is 5.91 Å². The zero-order valence-electron chi connectivity index (χ0n) is 17.0. The van der Waals surface area contributed by atoms with E-state index in [1.54, 1.807) is 7.05 Å². The van der Waals surface area contributed by atoms with Gasteiger partial charge in [-0.3, -0.25) is 9.69 Å². The fraction of sp³-hybridized carbons (Fsp3) is 0.304. The summed E-state index contributed by atoms with van der Waals surface area (Å²) in [4.78, 5) is 19.6. The topological polar surface area (TPSA) is 23.6 Å². The summed E-state index contributed by atoms with van der Waals surface area (Å²) >= 11 is 10.8. The van der Waals surface area contributed by atoms with Crippen LogP contribution in [0.5, 0.6) is 0 Å². The van der Waals surface area contributed by atoms with E-state index in [2.05, 4.69) is 70.8 Å².